The number of anilines is 1. The maximum absolute atomic E-state index is 12.5. The first kappa shape index (κ1) is 16.8. The van der Waals surface area contributed by atoms with Gasteiger partial charge in [0.25, 0.3) is 15.7 Å². The third kappa shape index (κ3) is 3.12. The smallest absolute Gasteiger partial charge is 0.287 e. The highest BCUT2D eigenvalue weighted by atomic mass is 32.2. The molecule has 0 atom stereocenters. The number of nitrogens with zero attached hydrogens (tertiary/aromatic N) is 4. The fourth-order valence-electron chi connectivity index (χ4n) is 2.66. The lowest BCUT2D eigenvalue weighted by Crippen LogP contribution is -2.49. The Bertz CT molecular complexity index is 844. The van der Waals surface area contributed by atoms with E-state index in [-0.39, 0.29) is 5.69 Å². The molecule has 0 aliphatic carbocycles. The predicted octanol–water partition coefficient (Wildman–Crippen LogP) is 1.87. The summed E-state index contributed by atoms with van der Waals surface area (Å²) < 4.78 is 26.8. The standard InChI is InChI=1S/C14H16N4O4S2/c1-11-9-12(18(19)20)10-15-14(11)16-4-6-17(7-5-16)24(21,22)13-3-2-8-23-13/h2-3,8-10H,4-7H2,1H3. The van der Waals surface area contributed by atoms with E-state index in [1.165, 1.54) is 27.9 Å². The summed E-state index contributed by atoms with van der Waals surface area (Å²) in [6.07, 6.45) is 1.23. The highest BCUT2D eigenvalue weighted by Crippen LogP contribution is 2.25. The molecule has 3 heterocycles. The summed E-state index contributed by atoms with van der Waals surface area (Å²) in [7, 11) is -3.44. The third-order valence-corrected chi connectivity index (χ3v) is 7.15. The lowest BCUT2D eigenvalue weighted by Gasteiger charge is -2.34. The Hall–Kier alpha value is -2.04. The molecular weight excluding hydrogens is 352 g/mol. The number of aryl methyl sites for hydroxylation is 1. The van der Waals surface area contributed by atoms with E-state index in [0.29, 0.717) is 41.8 Å². The van der Waals surface area contributed by atoms with Crippen LogP contribution in [-0.4, -0.2) is 48.8 Å². The van der Waals surface area contributed by atoms with Crippen LogP contribution in [0.1, 0.15) is 5.56 Å². The second kappa shape index (κ2) is 6.46. The fraction of sp³-hybridized carbons (Fsp3) is 0.357. The van der Waals surface area contributed by atoms with E-state index < -0.39 is 14.9 Å². The monoisotopic (exact) mass is 368 g/mol. The Kier molecular flexibility index (Phi) is 4.52. The molecule has 0 amide bonds. The normalized spacial score (nSPS) is 16.3. The fourth-order valence-corrected chi connectivity index (χ4v) is 5.23. The summed E-state index contributed by atoms with van der Waals surface area (Å²) in [6.45, 7) is 3.48. The zero-order valence-corrected chi connectivity index (χ0v) is 14.6. The second-order valence-electron chi connectivity index (χ2n) is 5.41. The minimum Gasteiger partial charge on any atom is -0.354 e. The molecule has 8 nitrogen and oxygen atoms in total. The van der Waals surface area contributed by atoms with Crippen LogP contribution in [0.4, 0.5) is 11.5 Å². The van der Waals surface area contributed by atoms with Crippen LogP contribution in [-0.2, 0) is 10.0 Å². The number of sulfonamides is 1. The number of aromatic nitrogens is 1. The van der Waals surface area contributed by atoms with Crippen molar-refractivity contribution in [2.75, 3.05) is 31.1 Å². The molecule has 0 N–H and O–H groups in total. The molecule has 1 saturated heterocycles. The van der Waals surface area contributed by atoms with Gasteiger partial charge in [-0.2, -0.15) is 4.31 Å². The third-order valence-electron chi connectivity index (χ3n) is 3.87. The average molecular weight is 368 g/mol. The molecule has 2 aromatic heterocycles. The molecule has 0 radical (unpaired) electrons. The van der Waals surface area contributed by atoms with Gasteiger partial charge in [-0.15, -0.1) is 11.3 Å². The molecule has 3 rings (SSSR count). The Morgan fingerprint density at radius 1 is 1.29 bits per heavy atom. The molecule has 0 aromatic carbocycles. The molecule has 0 bridgehead atoms. The summed E-state index contributed by atoms with van der Waals surface area (Å²) >= 11 is 1.21. The van der Waals surface area contributed by atoms with E-state index in [0.717, 1.165) is 0 Å². The molecule has 128 valence electrons. The van der Waals surface area contributed by atoms with Crippen LogP contribution in [0.5, 0.6) is 0 Å². The first-order valence-electron chi connectivity index (χ1n) is 7.29. The topological polar surface area (TPSA) is 96.7 Å². The lowest BCUT2D eigenvalue weighted by atomic mass is 10.2. The minimum absolute atomic E-state index is 0.0461. The SMILES string of the molecule is Cc1cc([N+](=O)[O-])cnc1N1CCN(S(=O)(=O)c2cccs2)CC1. The van der Waals surface area contributed by atoms with Crippen molar-refractivity contribution in [2.24, 2.45) is 0 Å². The van der Waals surface area contributed by atoms with Gasteiger partial charge in [0.1, 0.15) is 16.2 Å². The maximum Gasteiger partial charge on any atom is 0.287 e. The van der Waals surface area contributed by atoms with Crippen LogP contribution >= 0.6 is 11.3 Å². The van der Waals surface area contributed by atoms with E-state index in [1.807, 2.05) is 4.90 Å². The molecular formula is C14H16N4O4S2. The van der Waals surface area contributed by atoms with Crippen molar-refractivity contribution in [1.29, 1.82) is 0 Å². The number of hydrogen-bond acceptors (Lipinski definition) is 7. The number of hydrogen-bond donors (Lipinski definition) is 0. The molecule has 2 aromatic rings. The highest BCUT2D eigenvalue weighted by molar-refractivity contribution is 7.91. The number of nitro groups is 1. The molecule has 1 aliphatic heterocycles. The van der Waals surface area contributed by atoms with Crippen molar-refractivity contribution >= 4 is 32.9 Å². The van der Waals surface area contributed by atoms with Gasteiger partial charge >= 0.3 is 0 Å². The van der Waals surface area contributed by atoms with Crippen molar-refractivity contribution < 1.29 is 13.3 Å². The first-order chi connectivity index (χ1) is 11.4. The second-order valence-corrected chi connectivity index (χ2v) is 8.53. The first-order valence-corrected chi connectivity index (χ1v) is 9.61. The lowest BCUT2D eigenvalue weighted by molar-refractivity contribution is -0.385. The molecule has 0 unspecified atom stereocenters. The van der Waals surface area contributed by atoms with Gasteiger partial charge in [0.15, 0.2) is 0 Å². The van der Waals surface area contributed by atoms with E-state index in [4.69, 9.17) is 0 Å². The van der Waals surface area contributed by atoms with Gasteiger partial charge in [0.2, 0.25) is 0 Å². The van der Waals surface area contributed by atoms with E-state index >= 15 is 0 Å². The number of pyridine rings is 1. The van der Waals surface area contributed by atoms with Gasteiger partial charge < -0.3 is 4.90 Å². The van der Waals surface area contributed by atoms with E-state index in [9.17, 15) is 18.5 Å². The summed E-state index contributed by atoms with van der Waals surface area (Å²) in [6, 6.07) is 4.81. The Morgan fingerprint density at radius 3 is 2.54 bits per heavy atom. The van der Waals surface area contributed by atoms with E-state index in [2.05, 4.69) is 4.98 Å². The van der Waals surface area contributed by atoms with Crippen molar-refractivity contribution in [3.05, 3.63) is 45.5 Å². The van der Waals surface area contributed by atoms with Crippen LogP contribution in [0.2, 0.25) is 0 Å². The average Bonchev–Trinajstić information content (AvgIpc) is 3.10. The van der Waals surface area contributed by atoms with Gasteiger partial charge in [-0.3, -0.25) is 10.1 Å². The Balaban J connectivity index is 1.73. The van der Waals surface area contributed by atoms with Crippen LogP contribution in [0, 0.1) is 17.0 Å². The predicted molar refractivity (Wildman–Crippen MR) is 90.9 cm³/mol. The van der Waals surface area contributed by atoms with Crippen LogP contribution in [0.3, 0.4) is 0 Å². The molecule has 1 fully saturated rings. The maximum atomic E-state index is 12.5. The van der Waals surface area contributed by atoms with Gasteiger partial charge in [-0.1, -0.05) is 6.07 Å². The number of thiophene rings is 1. The molecule has 1 aliphatic rings. The zero-order chi connectivity index (χ0) is 17.3. The van der Waals surface area contributed by atoms with E-state index in [1.54, 1.807) is 24.4 Å². The molecule has 10 heteroatoms. The van der Waals surface area contributed by atoms with Gasteiger partial charge in [-0.25, -0.2) is 13.4 Å². The summed E-state index contributed by atoms with van der Waals surface area (Å²) in [5.74, 6) is 0.661. The minimum atomic E-state index is -3.44. The summed E-state index contributed by atoms with van der Waals surface area (Å²) in [5.41, 5.74) is 0.661. The Morgan fingerprint density at radius 2 is 2.00 bits per heavy atom. The zero-order valence-electron chi connectivity index (χ0n) is 13.0. The van der Waals surface area contributed by atoms with Crippen molar-refractivity contribution in [3.8, 4) is 0 Å². The van der Waals surface area contributed by atoms with Crippen molar-refractivity contribution in [3.63, 3.8) is 0 Å². The largest absolute Gasteiger partial charge is 0.354 e. The van der Waals surface area contributed by atoms with Gasteiger partial charge in [0, 0.05) is 32.2 Å². The summed E-state index contributed by atoms with van der Waals surface area (Å²) in [4.78, 5) is 16.4. The number of rotatable bonds is 4. The molecule has 24 heavy (non-hydrogen) atoms. The Labute approximate surface area is 143 Å². The van der Waals surface area contributed by atoms with Crippen LogP contribution < -0.4 is 4.90 Å². The molecule has 0 spiro atoms. The highest BCUT2D eigenvalue weighted by Gasteiger charge is 2.30. The van der Waals surface area contributed by atoms with Crippen molar-refractivity contribution in [2.45, 2.75) is 11.1 Å². The van der Waals surface area contributed by atoms with Gasteiger partial charge in [-0.05, 0) is 23.9 Å². The summed E-state index contributed by atoms with van der Waals surface area (Å²) in [5, 5.41) is 12.5. The quantitative estimate of drug-likeness (QED) is 0.604. The van der Waals surface area contributed by atoms with Gasteiger partial charge in [0.05, 0.1) is 4.92 Å². The van der Waals surface area contributed by atoms with Crippen LogP contribution in [0.25, 0.3) is 0 Å². The van der Waals surface area contributed by atoms with Crippen molar-refractivity contribution in [1.82, 2.24) is 9.29 Å². The number of piperazine rings is 1. The molecule has 0 saturated carbocycles. The van der Waals surface area contributed by atoms with Crippen LogP contribution in [0.15, 0.2) is 34.0 Å².